The second-order valence-electron chi connectivity index (χ2n) is 5.14. The molecule has 0 aliphatic carbocycles. The van der Waals surface area contributed by atoms with Gasteiger partial charge in [0.2, 0.25) is 5.91 Å². The molecular formula is C15H20FNO4. The molecule has 1 aromatic carbocycles. The number of hydrogen-bond acceptors (Lipinski definition) is 3. The number of amides is 1. The van der Waals surface area contributed by atoms with Crippen LogP contribution in [-0.4, -0.2) is 29.6 Å². The summed E-state index contributed by atoms with van der Waals surface area (Å²) in [5, 5.41) is 11.5. The highest BCUT2D eigenvalue weighted by Crippen LogP contribution is 2.11. The Morgan fingerprint density at radius 2 is 1.90 bits per heavy atom. The molecule has 0 heterocycles. The number of nitrogens with one attached hydrogen (secondary N) is 1. The van der Waals surface area contributed by atoms with Gasteiger partial charge in [-0.3, -0.25) is 4.79 Å². The van der Waals surface area contributed by atoms with Crippen molar-refractivity contribution in [3.8, 4) is 5.75 Å². The predicted octanol–water partition coefficient (Wildman–Crippen LogP) is 2.21. The molecule has 0 saturated heterocycles. The third-order valence-corrected chi connectivity index (χ3v) is 2.75. The Hall–Kier alpha value is -2.11. The van der Waals surface area contributed by atoms with Crippen molar-refractivity contribution >= 4 is 11.9 Å². The second kappa shape index (κ2) is 8.24. The Morgan fingerprint density at radius 3 is 2.43 bits per heavy atom. The Bertz CT molecular complexity index is 473. The first kappa shape index (κ1) is 16.9. The van der Waals surface area contributed by atoms with Crippen molar-refractivity contribution < 1.29 is 23.8 Å². The molecule has 0 saturated carbocycles. The summed E-state index contributed by atoms with van der Waals surface area (Å²) >= 11 is 0. The van der Waals surface area contributed by atoms with Crippen LogP contribution in [0.1, 0.15) is 26.7 Å². The van der Waals surface area contributed by atoms with Gasteiger partial charge in [0.25, 0.3) is 0 Å². The van der Waals surface area contributed by atoms with E-state index in [1.54, 1.807) is 0 Å². The van der Waals surface area contributed by atoms with Crippen molar-refractivity contribution in [2.24, 2.45) is 5.92 Å². The summed E-state index contributed by atoms with van der Waals surface area (Å²) in [5.41, 5.74) is 0. The molecule has 0 aliphatic heterocycles. The fourth-order valence-electron chi connectivity index (χ4n) is 1.75. The highest BCUT2D eigenvalue weighted by Gasteiger charge is 2.20. The molecule has 6 heteroatoms. The summed E-state index contributed by atoms with van der Waals surface area (Å²) in [6.45, 7) is 3.88. The van der Waals surface area contributed by atoms with Crippen LogP contribution in [0.2, 0.25) is 0 Å². The van der Waals surface area contributed by atoms with Crippen LogP contribution >= 0.6 is 0 Å². The molecule has 0 spiro atoms. The molecule has 116 valence electrons. The molecule has 0 aliphatic rings. The summed E-state index contributed by atoms with van der Waals surface area (Å²) in [4.78, 5) is 22.7. The van der Waals surface area contributed by atoms with E-state index in [0.717, 1.165) is 0 Å². The molecule has 0 fully saturated rings. The number of benzene rings is 1. The Morgan fingerprint density at radius 1 is 1.29 bits per heavy atom. The van der Waals surface area contributed by atoms with Crippen LogP contribution in [0.5, 0.6) is 5.75 Å². The van der Waals surface area contributed by atoms with E-state index in [9.17, 15) is 14.0 Å². The van der Waals surface area contributed by atoms with Gasteiger partial charge in [0.1, 0.15) is 17.6 Å². The predicted molar refractivity (Wildman–Crippen MR) is 75.5 cm³/mol. The van der Waals surface area contributed by atoms with Crippen molar-refractivity contribution in [2.75, 3.05) is 6.61 Å². The molecule has 0 unspecified atom stereocenters. The SMILES string of the molecule is CC(C)C[C@@H](NC(=O)CCOc1ccc(F)cc1)C(=O)O. The van der Waals surface area contributed by atoms with Crippen LogP contribution in [0.25, 0.3) is 0 Å². The molecule has 2 N–H and O–H groups in total. The van der Waals surface area contributed by atoms with Crippen molar-refractivity contribution in [2.45, 2.75) is 32.7 Å². The summed E-state index contributed by atoms with van der Waals surface area (Å²) in [7, 11) is 0. The molecule has 1 rings (SSSR count). The maximum absolute atomic E-state index is 12.7. The van der Waals surface area contributed by atoms with Crippen molar-refractivity contribution in [1.29, 1.82) is 0 Å². The minimum absolute atomic E-state index is 0.0409. The molecule has 1 amide bonds. The van der Waals surface area contributed by atoms with E-state index < -0.39 is 12.0 Å². The van der Waals surface area contributed by atoms with E-state index in [1.807, 2.05) is 13.8 Å². The maximum Gasteiger partial charge on any atom is 0.326 e. The monoisotopic (exact) mass is 297 g/mol. The average Bonchev–Trinajstić information content (AvgIpc) is 2.39. The minimum Gasteiger partial charge on any atom is -0.493 e. The van der Waals surface area contributed by atoms with Gasteiger partial charge < -0.3 is 15.2 Å². The van der Waals surface area contributed by atoms with Crippen LogP contribution in [0.4, 0.5) is 4.39 Å². The number of ether oxygens (including phenoxy) is 1. The van der Waals surface area contributed by atoms with Crippen LogP contribution in [-0.2, 0) is 9.59 Å². The largest absolute Gasteiger partial charge is 0.493 e. The second-order valence-corrected chi connectivity index (χ2v) is 5.14. The number of carbonyl (C=O) groups is 2. The van der Waals surface area contributed by atoms with E-state index >= 15 is 0 Å². The van der Waals surface area contributed by atoms with Gasteiger partial charge in [-0.2, -0.15) is 0 Å². The van der Waals surface area contributed by atoms with E-state index in [2.05, 4.69) is 5.32 Å². The third kappa shape index (κ3) is 6.74. The van der Waals surface area contributed by atoms with Gasteiger partial charge >= 0.3 is 5.97 Å². The quantitative estimate of drug-likeness (QED) is 0.771. The standard InChI is InChI=1S/C15H20FNO4/c1-10(2)9-13(15(19)20)17-14(18)7-8-21-12-5-3-11(16)4-6-12/h3-6,10,13H,7-9H2,1-2H3,(H,17,18)(H,19,20)/t13-/m1/s1. The van der Waals surface area contributed by atoms with Gasteiger partial charge in [0, 0.05) is 0 Å². The Kier molecular flexibility index (Phi) is 6.65. The van der Waals surface area contributed by atoms with Crippen molar-refractivity contribution in [3.05, 3.63) is 30.1 Å². The smallest absolute Gasteiger partial charge is 0.326 e. The van der Waals surface area contributed by atoms with Crippen LogP contribution in [0.15, 0.2) is 24.3 Å². The molecule has 1 atom stereocenters. The number of carboxylic acids is 1. The topological polar surface area (TPSA) is 75.6 Å². The van der Waals surface area contributed by atoms with E-state index in [0.29, 0.717) is 12.2 Å². The van der Waals surface area contributed by atoms with Crippen molar-refractivity contribution in [3.63, 3.8) is 0 Å². The lowest BCUT2D eigenvalue weighted by atomic mass is 10.0. The zero-order chi connectivity index (χ0) is 15.8. The Labute approximate surface area is 123 Å². The molecule has 21 heavy (non-hydrogen) atoms. The zero-order valence-corrected chi connectivity index (χ0v) is 12.1. The maximum atomic E-state index is 12.7. The first-order valence-electron chi connectivity index (χ1n) is 6.79. The summed E-state index contributed by atoms with van der Waals surface area (Å²) < 4.78 is 18.0. The fourth-order valence-corrected chi connectivity index (χ4v) is 1.75. The molecular weight excluding hydrogens is 277 g/mol. The van der Waals surface area contributed by atoms with Crippen LogP contribution in [0, 0.1) is 11.7 Å². The highest BCUT2D eigenvalue weighted by atomic mass is 19.1. The molecule has 1 aromatic rings. The van der Waals surface area contributed by atoms with Gasteiger partial charge in [-0.05, 0) is 36.6 Å². The summed E-state index contributed by atoms with van der Waals surface area (Å²) in [6, 6.07) is 4.57. The first-order chi connectivity index (χ1) is 9.88. The van der Waals surface area contributed by atoms with E-state index in [4.69, 9.17) is 9.84 Å². The number of aliphatic carboxylic acids is 1. The molecule has 5 nitrogen and oxygen atoms in total. The number of halogens is 1. The fraction of sp³-hybridized carbons (Fsp3) is 0.467. The zero-order valence-electron chi connectivity index (χ0n) is 12.1. The lowest BCUT2D eigenvalue weighted by Crippen LogP contribution is -2.42. The van der Waals surface area contributed by atoms with Crippen LogP contribution in [0.3, 0.4) is 0 Å². The lowest BCUT2D eigenvalue weighted by Gasteiger charge is -2.16. The number of rotatable bonds is 8. The highest BCUT2D eigenvalue weighted by molar-refractivity contribution is 5.83. The Balaban J connectivity index is 2.35. The van der Waals surface area contributed by atoms with Crippen LogP contribution < -0.4 is 10.1 Å². The summed E-state index contributed by atoms with van der Waals surface area (Å²) in [6.07, 6.45) is 0.416. The van der Waals surface area contributed by atoms with E-state index in [1.165, 1.54) is 24.3 Å². The van der Waals surface area contributed by atoms with Gasteiger partial charge in [0.15, 0.2) is 0 Å². The minimum atomic E-state index is -1.04. The van der Waals surface area contributed by atoms with Crippen molar-refractivity contribution in [1.82, 2.24) is 5.32 Å². The first-order valence-corrected chi connectivity index (χ1v) is 6.79. The van der Waals surface area contributed by atoms with E-state index in [-0.39, 0.29) is 30.7 Å². The van der Waals surface area contributed by atoms with Gasteiger partial charge in [-0.15, -0.1) is 0 Å². The lowest BCUT2D eigenvalue weighted by molar-refractivity contribution is -0.142. The molecule has 0 radical (unpaired) electrons. The number of carbonyl (C=O) groups excluding carboxylic acids is 1. The molecule has 0 bridgehead atoms. The average molecular weight is 297 g/mol. The summed E-state index contributed by atoms with van der Waals surface area (Å²) in [5.74, 6) is -1.16. The number of carboxylic acid groups (broad SMARTS) is 1. The number of hydrogen-bond donors (Lipinski definition) is 2. The molecule has 0 aromatic heterocycles. The van der Waals surface area contributed by atoms with Gasteiger partial charge in [0.05, 0.1) is 13.0 Å². The normalized spacial score (nSPS) is 12.0. The third-order valence-electron chi connectivity index (χ3n) is 2.75. The van der Waals surface area contributed by atoms with Gasteiger partial charge in [-0.1, -0.05) is 13.8 Å². The van der Waals surface area contributed by atoms with Gasteiger partial charge in [-0.25, -0.2) is 9.18 Å².